The molecule has 1 aromatic rings. The van der Waals surface area contributed by atoms with Crippen molar-refractivity contribution in [2.75, 3.05) is 0 Å². The summed E-state index contributed by atoms with van der Waals surface area (Å²) in [4.78, 5) is -0.219. The lowest BCUT2D eigenvalue weighted by atomic mass is 10.0. The van der Waals surface area contributed by atoms with Gasteiger partial charge in [0.1, 0.15) is 0 Å². The average Bonchev–Trinajstić information content (AvgIpc) is 2.38. The second-order valence-electron chi connectivity index (χ2n) is 4.05. The summed E-state index contributed by atoms with van der Waals surface area (Å²) in [5, 5.41) is 3.48. The van der Waals surface area contributed by atoms with E-state index in [2.05, 4.69) is 5.11 Å². The van der Waals surface area contributed by atoms with Gasteiger partial charge in [-0.1, -0.05) is 18.2 Å². The molecule has 1 aromatic carbocycles. The van der Waals surface area contributed by atoms with Gasteiger partial charge in [0.2, 0.25) is 0 Å². The van der Waals surface area contributed by atoms with Gasteiger partial charge in [-0.3, -0.25) is 4.55 Å². The van der Waals surface area contributed by atoms with E-state index >= 15 is 0 Å². The van der Waals surface area contributed by atoms with E-state index in [0.717, 1.165) is 0 Å². The second-order valence-corrected chi connectivity index (χ2v) is 5.47. The monoisotopic (exact) mass is 280 g/mol. The SMILES string of the molecule is CC1=CC=CC(N=N)(c2ccc(S(=O)(=O)O)cc2)O1. The van der Waals surface area contributed by atoms with Gasteiger partial charge in [-0.05, 0) is 31.2 Å². The zero-order valence-electron chi connectivity index (χ0n) is 10.1. The van der Waals surface area contributed by atoms with E-state index in [-0.39, 0.29) is 4.90 Å². The van der Waals surface area contributed by atoms with Crippen LogP contribution in [0.25, 0.3) is 0 Å². The fourth-order valence-electron chi connectivity index (χ4n) is 1.77. The van der Waals surface area contributed by atoms with Crippen molar-refractivity contribution < 1.29 is 17.7 Å². The van der Waals surface area contributed by atoms with Crippen LogP contribution in [0.5, 0.6) is 0 Å². The molecule has 1 atom stereocenters. The number of hydrogen-bond donors (Lipinski definition) is 2. The highest BCUT2D eigenvalue weighted by atomic mass is 32.2. The first-order valence-corrected chi connectivity index (χ1v) is 6.83. The molecule has 7 heteroatoms. The fraction of sp³-hybridized carbons (Fsp3) is 0.167. The van der Waals surface area contributed by atoms with Crippen molar-refractivity contribution in [2.24, 2.45) is 5.11 Å². The molecular weight excluding hydrogens is 268 g/mol. The topological polar surface area (TPSA) is 99.8 Å². The zero-order chi connectivity index (χ0) is 14.1. The number of nitrogens with one attached hydrogen (secondary N) is 1. The number of hydrogen-bond acceptors (Lipinski definition) is 5. The average molecular weight is 280 g/mol. The molecule has 2 rings (SSSR count). The van der Waals surface area contributed by atoms with E-state index in [1.165, 1.54) is 24.3 Å². The molecule has 1 unspecified atom stereocenters. The summed E-state index contributed by atoms with van der Waals surface area (Å²) in [6, 6.07) is 5.37. The van der Waals surface area contributed by atoms with Crippen molar-refractivity contribution in [1.82, 2.24) is 0 Å². The molecule has 0 bridgehead atoms. The van der Waals surface area contributed by atoms with E-state index in [0.29, 0.717) is 11.3 Å². The molecule has 1 heterocycles. The highest BCUT2D eigenvalue weighted by Gasteiger charge is 2.33. The molecule has 0 saturated carbocycles. The van der Waals surface area contributed by atoms with Crippen molar-refractivity contribution in [1.29, 1.82) is 5.53 Å². The molecule has 0 radical (unpaired) electrons. The van der Waals surface area contributed by atoms with E-state index in [9.17, 15) is 8.42 Å². The van der Waals surface area contributed by atoms with Gasteiger partial charge < -0.3 is 4.74 Å². The minimum Gasteiger partial charge on any atom is -0.461 e. The van der Waals surface area contributed by atoms with Gasteiger partial charge in [-0.15, -0.1) is 5.11 Å². The second kappa shape index (κ2) is 4.60. The summed E-state index contributed by atoms with van der Waals surface area (Å²) in [6.45, 7) is 1.73. The van der Waals surface area contributed by atoms with Gasteiger partial charge in [-0.2, -0.15) is 8.42 Å². The molecular formula is C12H12N2O4S. The highest BCUT2D eigenvalue weighted by molar-refractivity contribution is 7.85. The third-order valence-corrected chi connectivity index (χ3v) is 3.57. The molecule has 100 valence electrons. The van der Waals surface area contributed by atoms with Crippen molar-refractivity contribution in [3.8, 4) is 0 Å². The summed E-state index contributed by atoms with van der Waals surface area (Å²) in [7, 11) is -4.24. The number of nitrogens with zero attached hydrogens (tertiary/aromatic N) is 1. The standard InChI is InChI=1S/C12H12N2O4S/c1-9-3-2-8-12(14-13,18-9)10-4-6-11(7-5-10)19(15,16)17/h2-8,13H,1H3,(H,15,16,17). The Balaban J connectivity index is 2.44. The molecule has 0 aliphatic carbocycles. The lowest BCUT2D eigenvalue weighted by Crippen LogP contribution is -2.25. The van der Waals surface area contributed by atoms with Gasteiger partial charge in [0.15, 0.2) is 0 Å². The Labute approximate surface area is 110 Å². The predicted molar refractivity (Wildman–Crippen MR) is 67.1 cm³/mol. The Bertz CT molecular complexity index is 661. The molecule has 0 aromatic heterocycles. The third kappa shape index (κ3) is 2.56. The van der Waals surface area contributed by atoms with Crippen LogP contribution in [0.15, 0.2) is 58.3 Å². The van der Waals surface area contributed by atoms with Gasteiger partial charge in [0.05, 0.1) is 10.7 Å². The lowest BCUT2D eigenvalue weighted by Gasteiger charge is -2.28. The van der Waals surface area contributed by atoms with Gasteiger partial charge >= 0.3 is 0 Å². The number of ether oxygens (including phenoxy) is 1. The van der Waals surface area contributed by atoms with Crippen LogP contribution in [0.1, 0.15) is 12.5 Å². The third-order valence-electron chi connectivity index (χ3n) is 2.70. The molecule has 19 heavy (non-hydrogen) atoms. The molecule has 1 aliphatic rings. The quantitative estimate of drug-likeness (QED) is 0.656. The summed E-state index contributed by atoms with van der Waals surface area (Å²) >= 11 is 0. The van der Waals surface area contributed by atoms with Crippen molar-refractivity contribution in [3.05, 3.63) is 53.8 Å². The van der Waals surface area contributed by atoms with Crippen LogP contribution in [0, 0.1) is 5.53 Å². The first kappa shape index (κ1) is 13.4. The summed E-state index contributed by atoms with van der Waals surface area (Å²) in [5.74, 6) is 0.595. The lowest BCUT2D eigenvalue weighted by molar-refractivity contribution is 0.0381. The summed E-state index contributed by atoms with van der Waals surface area (Å²) < 4.78 is 36.4. The van der Waals surface area contributed by atoms with Crippen molar-refractivity contribution in [3.63, 3.8) is 0 Å². The molecule has 0 amide bonds. The minimum atomic E-state index is -4.24. The van der Waals surface area contributed by atoms with Crippen LogP contribution in [0.3, 0.4) is 0 Å². The maximum Gasteiger partial charge on any atom is 0.294 e. The molecule has 0 fully saturated rings. The zero-order valence-corrected chi connectivity index (χ0v) is 10.9. The summed E-state index contributed by atoms with van der Waals surface area (Å²) in [6.07, 6.45) is 5.04. The molecule has 0 saturated heterocycles. The summed E-state index contributed by atoms with van der Waals surface area (Å²) in [5.41, 5.74) is 6.52. The van der Waals surface area contributed by atoms with Gasteiger partial charge in [0, 0.05) is 5.56 Å². The van der Waals surface area contributed by atoms with E-state index in [4.69, 9.17) is 14.8 Å². The Hall–Kier alpha value is -1.99. The molecule has 1 aliphatic heterocycles. The first-order valence-electron chi connectivity index (χ1n) is 5.39. The van der Waals surface area contributed by atoms with Crippen LogP contribution in [0.4, 0.5) is 0 Å². The van der Waals surface area contributed by atoms with Gasteiger partial charge in [-0.25, -0.2) is 5.53 Å². The van der Waals surface area contributed by atoms with Crippen molar-refractivity contribution in [2.45, 2.75) is 17.5 Å². The normalized spacial score (nSPS) is 22.5. The number of rotatable bonds is 3. The van der Waals surface area contributed by atoms with Crippen LogP contribution in [-0.4, -0.2) is 13.0 Å². The smallest absolute Gasteiger partial charge is 0.294 e. The van der Waals surface area contributed by atoms with Crippen LogP contribution in [0.2, 0.25) is 0 Å². The number of allylic oxidation sites excluding steroid dienone is 3. The highest BCUT2D eigenvalue weighted by Crippen LogP contribution is 2.34. The maximum absolute atomic E-state index is 11.0. The Morgan fingerprint density at radius 1 is 1.32 bits per heavy atom. The molecule has 6 nitrogen and oxygen atoms in total. The van der Waals surface area contributed by atoms with Crippen LogP contribution < -0.4 is 0 Å². The largest absolute Gasteiger partial charge is 0.461 e. The van der Waals surface area contributed by atoms with Crippen LogP contribution >= 0.6 is 0 Å². The maximum atomic E-state index is 11.0. The Morgan fingerprint density at radius 2 is 1.95 bits per heavy atom. The van der Waals surface area contributed by atoms with E-state index in [1.54, 1.807) is 25.2 Å². The fourth-order valence-corrected chi connectivity index (χ4v) is 2.25. The molecule has 2 N–H and O–H groups in total. The van der Waals surface area contributed by atoms with Crippen molar-refractivity contribution >= 4 is 10.1 Å². The Kier molecular flexibility index (Phi) is 3.25. The van der Waals surface area contributed by atoms with Gasteiger partial charge in [0.25, 0.3) is 15.8 Å². The first-order chi connectivity index (χ1) is 8.87. The van der Waals surface area contributed by atoms with E-state index in [1.807, 2.05) is 0 Å². The minimum absolute atomic E-state index is 0.219. The van der Waals surface area contributed by atoms with Crippen LogP contribution in [-0.2, 0) is 20.6 Å². The Morgan fingerprint density at radius 3 is 2.42 bits per heavy atom. The number of benzene rings is 1. The predicted octanol–water partition coefficient (Wildman–Crippen LogP) is 2.61. The molecule has 0 spiro atoms. The van der Waals surface area contributed by atoms with E-state index < -0.39 is 15.8 Å².